The van der Waals surface area contributed by atoms with Gasteiger partial charge in [0.1, 0.15) is 19.3 Å². The lowest BCUT2D eigenvalue weighted by Crippen LogP contribution is -2.30. The Morgan fingerprint density at radius 3 is 0.664 bits per heavy atom. The largest absolute Gasteiger partial charge is 0.472 e. The average Bonchev–Trinajstić information content (AvgIpc) is 0.899. The maximum absolute atomic E-state index is 13.2. The highest BCUT2D eigenvalue weighted by Crippen LogP contribution is 2.45. The Hall–Kier alpha value is -1.94. The zero-order chi connectivity index (χ0) is 78.5. The Labute approximate surface area is 658 Å². The van der Waals surface area contributed by atoms with Crippen LogP contribution < -0.4 is 0 Å². The molecule has 0 saturated heterocycles. The van der Waals surface area contributed by atoms with Gasteiger partial charge in [0.05, 0.1) is 26.4 Å². The second-order valence-corrected chi connectivity index (χ2v) is 35.0. The van der Waals surface area contributed by atoms with E-state index in [9.17, 15) is 43.2 Å². The average molecular weight is 1560 g/mol. The van der Waals surface area contributed by atoms with Crippen molar-refractivity contribution in [2.24, 2.45) is 11.8 Å². The molecule has 636 valence electrons. The van der Waals surface area contributed by atoms with E-state index in [0.29, 0.717) is 25.7 Å². The number of rotatable bonds is 87. The van der Waals surface area contributed by atoms with Gasteiger partial charge in [-0.15, -0.1) is 0 Å². The summed E-state index contributed by atoms with van der Waals surface area (Å²) in [6.45, 7) is 9.81. The van der Waals surface area contributed by atoms with Gasteiger partial charge in [-0.1, -0.05) is 420 Å². The van der Waals surface area contributed by atoms with E-state index >= 15 is 0 Å². The third-order valence-corrected chi connectivity index (χ3v) is 23.3. The SMILES string of the molecule is CCCCCCCCCCCCCCC(=O)O[C@H](COC(=O)CCCCCCCCCCCCC)COP(=O)(O)OC[C@H](O)COP(=O)(O)OC[C@@H](COC(=O)CCCCCCCCCCCCCCCCCCCCC(C)CC)OC(=O)CCCCCCCCCCCCCCCCCCCCC(C)CC. The van der Waals surface area contributed by atoms with Crippen LogP contribution in [0.15, 0.2) is 0 Å². The van der Waals surface area contributed by atoms with E-state index in [1.54, 1.807) is 0 Å². The molecule has 0 rings (SSSR count). The standard InChI is InChI=1S/C88H172O17P2/c1-7-11-13-15-17-19-21-41-48-54-60-66-72-87(92)104-83(76-98-85(90)70-64-58-52-46-38-20-18-16-14-12-8-2)78-102-106(94,95)100-74-82(89)75-101-107(96,97)103-79-84(105-88(93)73-67-61-55-49-43-37-33-29-25-23-27-31-35-40-45-51-57-63-69-81(6)10-4)77-99-86(91)71-65-59-53-47-42-36-32-28-24-22-26-30-34-39-44-50-56-62-68-80(5)9-3/h80-84,89H,7-79H2,1-6H3,(H,94,95)(H,96,97)/t80?,81?,82-,83+,84+/m0/s1. The van der Waals surface area contributed by atoms with Gasteiger partial charge >= 0.3 is 39.5 Å². The van der Waals surface area contributed by atoms with Crippen LogP contribution in [0.1, 0.15) is 472 Å². The maximum Gasteiger partial charge on any atom is 0.472 e. The molecule has 4 unspecified atom stereocenters. The van der Waals surface area contributed by atoms with E-state index in [2.05, 4.69) is 41.5 Å². The van der Waals surface area contributed by atoms with Gasteiger partial charge in [-0.05, 0) is 37.5 Å². The van der Waals surface area contributed by atoms with Gasteiger partial charge in [0.2, 0.25) is 0 Å². The molecule has 0 aliphatic carbocycles. The molecule has 7 atom stereocenters. The molecule has 0 aromatic rings. The topological polar surface area (TPSA) is 237 Å². The number of aliphatic hydroxyl groups is 1. The monoisotopic (exact) mass is 1560 g/mol. The van der Waals surface area contributed by atoms with E-state index in [1.807, 2.05) is 0 Å². The molecule has 0 radical (unpaired) electrons. The van der Waals surface area contributed by atoms with Crippen LogP contribution in [0.2, 0.25) is 0 Å². The molecule has 0 fully saturated rings. The Balaban J connectivity index is 5.20. The molecule has 3 N–H and O–H groups in total. The van der Waals surface area contributed by atoms with Gasteiger partial charge in [-0.25, -0.2) is 9.13 Å². The van der Waals surface area contributed by atoms with Crippen LogP contribution in [0.3, 0.4) is 0 Å². The van der Waals surface area contributed by atoms with Crippen molar-refractivity contribution >= 4 is 39.5 Å². The Morgan fingerprint density at radius 1 is 0.262 bits per heavy atom. The number of phosphoric acid groups is 2. The molecule has 107 heavy (non-hydrogen) atoms. The summed E-state index contributed by atoms with van der Waals surface area (Å²) >= 11 is 0. The normalized spacial score (nSPS) is 14.3. The van der Waals surface area contributed by atoms with Crippen molar-refractivity contribution < 1.29 is 80.2 Å². The Morgan fingerprint density at radius 2 is 0.449 bits per heavy atom. The Bertz CT molecular complexity index is 2050. The van der Waals surface area contributed by atoms with Gasteiger partial charge in [0, 0.05) is 25.7 Å². The molecule has 19 heteroatoms. The fourth-order valence-electron chi connectivity index (χ4n) is 13.7. The quantitative estimate of drug-likeness (QED) is 0.0222. The molecule has 0 saturated carbocycles. The lowest BCUT2D eigenvalue weighted by atomic mass is 9.99. The maximum atomic E-state index is 13.2. The van der Waals surface area contributed by atoms with Crippen LogP contribution in [0.5, 0.6) is 0 Å². The van der Waals surface area contributed by atoms with Crippen molar-refractivity contribution in [2.75, 3.05) is 39.6 Å². The van der Waals surface area contributed by atoms with E-state index in [4.69, 9.17) is 37.0 Å². The molecule has 17 nitrogen and oxygen atoms in total. The predicted molar refractivity (Wildman–Crippen MR) is 442 cm³/mol. The third kappa shape index (κ3) is 79.1. The summed E-state index contributed by atoms with van der Waals surface area (Å²) in [5.41, 5.74) is 0. The number of esters is 4. The fraction of sp³-hybridized carbons (Fsp3) is 0.955. The van der Waals surface area contributed by atoms with Crippen LogP contribution in [0.4, 0.5) is 0 Å². The summed E-state index contributed by atoms with van der Waals surface area (Å²) in [6.07, 6.45) is 72.1. The third-order valence-electron chi connectivity index (χ3n) is 21.4. The number of carbonyl (C=O) groups is 4. The van der Waals surface area contributed by atoms with E-state index < -0.39 is 97.5 Å². The highest BCUT2D eigenvalue weighted by atomic mass is 31.2. The summed E-state index contributed by atoms with van der Waals surface area (Å²) in [5.74, 6) is -0.354. The zero-order valence-corrected chi connectivity index (χ0v) is 72.2. The lowest BCUT2D eigenvalue weighted by Gasteiger charge is -2.21. The van der Waals surface area contributed by atoms with Crippen molar-refractivity contribution in [3.8, 4) is 0 Å². The van der Waals surface area contributed by atoms with Crippen molar-refractivity contribution in [1.82, 2.24) is 0 Å². The molecule has 0 aliphatic heterocycles. The second-order valence-electron chi connectivity index (χ2n) is 32.1. The lowest BCUT2D eigenvalue weighted by molar-refractivity contribution is -0.161. The van der Waals surface area contributed by atoms with Gasteiger partial charge in [0.25, 0.3) is 0 Å². The van der Waals surface area contributed by atoms with E-state index in [1.165, 1.54) is 289 Å². The minimum Gasteiger partial charge on any atom is -0.462 e. The number of unbranched alkanes of at least 4 members (excludes halogenated alkanes) is 55. The van der Waals surface area contributed by atoms with Gasteiger partial charge in [-0.3, -0.25) is 37.3 Å². The van der Waals surface area contributed by atoms with E-state index in [0.717, 1.165) is 102 Å². The first-order chi connectivity index (χ1) is 51.9. The minimum absolute atomic E-state index is 0.108. The van der Waals surface area contributed by atoms with Crippen LogP contribution in [-0.2, 0) is 65.4 Å². The molecule has 0 spiro atoms. The number of ether oxygens (including phenoxy) is 4. The number of hydrogen-bond donors (Lipinski definition) is 3. The molecule has 0 bridgehead atoms. The first-order valence-corrected chi connectivity index (χ1v) is 48.6. The summed E-state index contributed by atoms with van der Waals surface area (Å²) in [5, 5.41) is 10.7. The predicted octanol–water partition coefficient (Wildman–Crippen LogP) is 27.0. The number of carbonyl (C=O) groups excluding carboxylic acids is 4. The molecular weight excluding hydrogens is 1390 g/mol. The number of hydrogen-bond acceptors (Lipinski definition) is 15. The molecule has 0 aromatic carbocycles. The van der Waals surface area contributed by atoms with Crippen molar-refractivity contribution in [2.45, 2.75) is 490 Å². The second kappa shape index (κ2) is 79.3. The highest BCUT2D eigenvalue weighted by molar-refractivity contribution is 7.47. The first kappa shape index (κ1) is 105. The van der Waals surface area contributed by atoms with Crippen molar-refractivity contribution in [3.05, 3.63) is 0 Å². The van der Waals surface area contributed by atoms with Crippen LogP contribution in [-0.4, -0.2) is 96.7 Å². The first-order valence-electron chi connectivity index (χ1n) is 45.6. The molecule has 0 heterocycles. The van der Waals surface area contributed by atoms with Crippen molar-refractivity contribution in [3.63, 3.8) is 0 Å². The van der Waals surface area contributed by atoms with Gasteiger partial charge in [0.15, 0.2) is 12.2 Å². The number of phosphoric ester groups is 2. The van der Waals surface area contributed by atoms with Gasteiger partial charge in [-0.2, -0.15) is 0 Å². The summed E-state index contributed by atoms with van der Waals surface area (Å²) in [7, 11) is -9.93. The van der Waals surface area contributed by atoms with Crippen LogP contribution >= 0.6 is 15.6 Å². The number of aliphatic hydroxyl groups excluding tert-OH is 1. The summed E-state index contributed by atoms with van der Waals surface area (Å²) in [4.78, 5) is 73.2. The Kier molecular flexibility index (Phi) is 77.9. The highest BCUT2D eigenvalue weighted by Gasteiger charge is 2.31. The molecule has 0 aliphatic rings. The van der Waals surface area contributed by atoms with Crippen LogP contribution in [0, 0.1) is 11.8 Å². The summed E-state index contributed by atoms with van der Waals surface area (Å²) < 4.78 is 68.9. The fourth-order valence-corrected chi connectivity index (χ4v) is 15.3. The van der Waals surface area contributed by atoms with Crippen LogP contribution in [0.25, 0.3) is 0 Å². The van der Waals surface area contributed by atoms with Crippen molar-refractivity contribution in [1.29, 1.82) is 0 Å². The molecule has 0 aromatic heterocycles. The van der Waals surface area contributed by atoms with E-state index in [-0.39, 0.29) is 25.7 Å². The van der Waals surface area contributed by atoms with Gasteiger partial charge < -0.3 is 33.8 Å². The molecule has 0 amide bonds. The zero-order valence-electron chi connectivity index (χ0n) is 70.5. The molecular formula is C88H172O17P2. The summed E-state index contributed by atoms with van der Waals surface area (Å²) in [6, 6.07) is 0. The minimum atomic E-state index is -4.97. The smallest absolute Gasteiger partial charge is 0.462 e.